The van der Waals surface area contributed by atoms with E-state index >= 15 is 0 Å². The Morgan fingerprint density at radius 3 is 2.83 bits per heavy atom. The second kappa shape index (κ2) is 7.05. The minimum Gasteiger partial charge on any atom is -0.395 e. The van der Waals surface area contributed by atoms with Gasteiger partial charge in [0.1, 0.15) is 5.69 Å². The lowest BCUT2D eigenvalue weighted by atomic mass is 9.87. The number of hydrogen-bond donors (Lipinski definition) is 3. The van der Waals surface area contributed by atoms with Crippen molar-refractivity contribution in [3.63, 3.8) is 0 Å². The Morgan fingerprint density at radius 2 is 2.03 bits per heavy atom. The number of para-hydroxylation sites is 1. The molecule has 30 heavy (non-hydrogen) atoms. The fourth-order valence-electron chi connectivity index (χ4n) is 6.15. The van der Waals surface area contributed by atoms with Crippen molar-refractivity contribution in [1.29, 1.82) is 0 Å². The first-order valence-electron chi connectivity index (χ1n) is 11.4. The highest BCUT2D eigenvalue weighted by Gasteiger charge is 2.54. The summed E-state index contributed by atoms with van der Waals surface area (Å²) < 4.78 is 0. The number of piperidine rings is 1. The lowest BCUT2D eigenvalue weighted by molar-refractivity contribution is 0.0615. The zero-order valence-electron chi connectivity index (χ0n) is 17.4. The van der Waals surface area contributed by atoms with Gasteiger partial charge in [-0.15, -0.1) is 0 Å². The number of aliphatic hydroxyl groups is 1. The van der Waals surface area contributed by atoms with Gasteiger partial charge < -0.3 is 15.0 Å². The first kappa shape index (κ1) is 18.8. The summed E-state index contributed by atoms with van der Waals surface area (Å²) in [6.45, 7) is 4.64. The summed E-state index contributed by atoms with van der Waals surface area (Å²) in [5, 5.41) is 13.2. The fourth-order valence-corrected chi connectivity index (χ4v) is 6.15. The van der Waals surface area contributed by atoms with Crippen LogP contribution in [0.15, 0.2) is 30.3 Å². The van der Waals surface area contributed by atoms with Crippen LogP contribution in [-0.2, 0) is 0 Å². The standard InChI is InChI=1S/C23H31N5O2/c29-12-11-27-15-21-17-14-26(22(30)20-13-16-3-1-2-4-18(16)24-20)9-5-19(17)25-28(21)10-8-23(27)6-7-23/h1-4,13,17,19,21,24-25,29H,5-12,14-15H2. The van der Waals surface area contributed by atoms with E-state index in [1.807, 2.05) is 35.2 Å². The van der Waals surface area contributed by atoms with E-state index in [1.54, 1.807) is 0 Å². The van der Waals surface area contributed by atoms with Crippen molar-refractivity contribution in [1.82, 2.24) is 25.2 Å². The summed E-state index contributed by atoms with van der Waals surface area (Å²) in [7, 11) is 0. The highest BCUT2D eigenvalue weighted by atomic mass is 16.3. The van der Waals surface area contributed by atoms with Crippen molar-refractivity contribution < 1.29 is 9.90 Å². The topological polar surface area (TPSA) is 74.8 Å². The lowest BCUT2D eigenvalue weighted by Crippen LogP contribution is -2.51. The van der Waals surface area contributed by atoms with Gasteiger partial charge in [0, 0.05) is 67.2 Å². The zero-order chi connectivity index (χ0) is 20.3. The van der Waals surface area contributed by atoms with Crippen LogP contribution in [0.2, 0.25) is 0 Å². The summed E-state index contributed by atoms with van der Waals surface area (Å²) in [6.07, 6.45) is 4.68. The molecule has 3 unspecified atom stereocenters. The number of hydrazine groups is 1. The monoisotopic (exact) mass is 409 g/mol. The molecule has 1 aliphatic carbocycles. The second-order valence-corrected chi connectivity index (χ2v) is 9.61. The van der Waals surface area contributed by atoms with Crippen molar-refractivity contribution in [2.75, 3.05) is 39.3 Å². The first-order valence-corrected chi connectivity index (χ1v) is 11.4. The van der Waals surface area contributed by atoms with E-state index in [1.165, 1.54) is 19.3 Å². The van der Waals surface area contributed by atoms with E-state index in [4.69, 9.17) is 0 Å². The number of carbonyl (C=O) groups excluding carboxylic acids is 1. The van der Waals surface area contributed by atoms with Gasteiger partial charge in [0.25, 0.3) is 5.91 Å². The number of hydrogen-bond acceptors (Lipinski definition) is 5. The molecular weight excluding hydrogens is 378 g/mol. The Morgan fingerprint density at radius 1 is 1.17 bits per heavy atom. The van der Waals surface area contributed by atoms with Crippen LogP contribution in [0, 0.1) is 5.92 Å². The maximum absolute atomic E-state index is 13.3. The number of nitrogens with zero attached hydrogens (tertiary/aromatic N) is 3. The van der Waals surface area contributed by atoms with Gasteiger partial charge >= 0.3 is 0 Å². The summed E-state index contributed by atoms with van der Waals surface area (Å²) in [6, 6.07) is 10.9. The maximum Gasteiger partial charge on any atom is 0.270 e. The number of β-amino-alcohol motifs (C(OH)–C–C–N with tert-alkyl or cyclic N) is 1. The van der Waals surface area contributed by atoms with Crippen LogP contribution >= 0.6 is 0 Å². The zero-order valence-corrected chi connectivity index (χ0v) is 17.4. The Hall–Kier alpha value is -1.93. The summed E-state index contributed by atoms with van der Waals surface area (Å²) >= 11 is 0. The Balaban J connectivity index is 1.21. The average Bonchev–Trinajstić information content (AvgIpc) is 3.34. The number of rotatable bonds is 3. The summed E-state index contributed by atoms with van der Waals surface area (Å²) in [5.74, 6) is 0.546. The molecule has 1 spiro atoms. The Kier molecular flexibility index (Phi) is 4.42. The van der Waals surface area contributed by atoms with Gasteiger partial charge in [-0.05, 0) is 37.8 Å². The Labute approximate surface area is 177 Å². The number of fused-ring (bicyclic) bond motifs is 4. The average molecular weight is 410 g/mol. The minimum atomic E-state index is 0.114. The molecule has 160 valence electrons. The van der Waals surface area contributed by atoms with Crippen LogP contribution in [0.1, 0.15) is 36.2 Å². The van der Waals surface area contributed by atoms with Crippen LogP contribution in [0.3, 0.4) is 0 Å². The molecule has 3 saturated heterocycles. The number of aliphatic hydroxyl groups excluding tert-OH is 1. The molecule has 1 saturated carbocycles. The van der Waals surface area contributed by atoms with Crippen LogP contribution < -0.4 is 5.43 Å². The molecule has 3 atom stereocenters. The normalized spacial score (nSPS) is 31.0. The van der Waals surface area contributed by atoms with Crippen LogP contribution in [0.25, 0.3) is 10.9 Å². The molecule has 0 radical (unpaired) electrons. The van der Waals surface area contributed by atoms with E-state index in [0.717, 1.165) is 50.0 Å². The second-order valence-electron chi connectivity index (χ2n) is 9.61. The number of carbonyl (C=O) groups is 1. The molecule has 0 bridgehead atoms. The SMILES string of the molecule is O=C(c1cc2ccccc2[nH]1)N1CCC2NN3CCC4(CC4)N(CCO)CC3C2C1. The third-order valence-corrected chi connectivity index (χ3v) is 8.03. The molecule has 7 heteroatoms. The van der Waals surface area contributed by atoms with Gasteiger partial charge in [-0.2, -0.15) is 0 Å². The molecule has 6 rings (SSSR count). The molecule has 3 aliphatic heterocycles. The summed E-state index contributed by atoms with van der Waals surface area (Å²) in [4.78, 5) is 21.2. The van der Waals surface area contributed by atoms with Gasteiger partial charge in [0.2, 0.25) is 0 Å². The van der Waals surface area contributed by atoms with Crippen molar-refractivity contribution in [2.24, 2.45) is 5.92 Å². The molecule has 4 fully saturated rings. The number of benzene rings is 1. The van der Waals surface area contributed by atoms with Gasteiger partial charge in [0.05, 0.1) is 6.61 Å². The van der Waals surface area contributed by atoms with Gasteiger partial charge in [-0.1, -0.05) is 18.2 Å². The van der Waals surface area contributed by atoms with E-state index in [2.05, 4.69) is 20.3 Å². The smallest absolute Gasteiger partial charge is 0.270 e. The Bertz CT molecular complexity index is 921. The van der Waals surface area contributed by atoms with E-state index < -0.39 is 0 Å². The van der Waals surface area contributed by atoms with Crippen molar-refractivity contribution >= 4 is 16.8 Å². The van der Waals surface area contributed by atoms with Gasteiger partial charge in [-0.25, -0.2) is 5.01 Å². The molecule has 4 heterocycles. The highest BCUT2D eigenvalue weighted by molar-refractivity contribution is 5.98. The maximum atomic E-state index is 13.3. The number of aromatic nitrogens is 1. The minimum absolute atomic E-state index is 0.114. The van der Waals surface area contributed by atoms with Crippen molar-refractivity contribution in [3.05, 3.63) is 36.0 Å². The highest BCUT2D eigenvalue weighted by Crippen LogP contribution is 2.47. The largest absolute Gasteiger partial charge is 0.395 e. The van der Waals surface area contributed by atoms with Crippen molar-refractivity contribution in [3.8, 4) is 0 Å². The third-order valence-electron chi connectivity index (χ3n) is 8.03. The summed E-state index contributed by atoms with van der Waals surface area (Å²) in [5.41, 5.74) is 5.81. The number of nitrogens with one attached hydrogen (secondary N) is 2. The van der Waals surface area contributed by atoms with Crippen LogP contribution in [0.5, 0.6) is 0 Å². The fraction of sp³-hybridized carbons (Fsp3) is 0.609. The van der Waals surface area contributed by atoms with Crippen LogP contribution in [0.4, 0.5) is 0 Å². The predicted octanol–water partition coefficient (Wildman–Crippen LogP) is 1.42. The third kappa shape index (κ3) is 2.99. The molecule has 1 aromatic heterocycles. The van der Waals surface area contributed by atoms with Gasteiger partial charge in [0.15, 0.2) is 0 Å². The molecule has 7 nitrogen and oxygen atoms in total. The van der Waals surface area contributed by atoms with E-state index in [0.29, 0.717) is 29.2 Å². The molecule has 1 amide bonds. The molecule has 2 aromatic rings. The quantitative estimate of drug-likeness (QED) is 0.715. The number of likely N-dealkylation sites (tertiary alicyclic amines) is 1. The van der Waals surface area contributed by atoms with E-state index in [-0.39, 0.29) is 12.5 Å². The van der Waals surface area contributed by atoms with E-state index in [9.17, 15) is 9.90 Å². The van der Waals surface area contributed by atoms with Gasteiger partial charge in [-0.3, -0.25) is 15.1 Å². The first-order chi connectivity index (χ1) is 14.7. The molecule has 4 aliphatic rings. The van der Waals surface area contributed by atoms with Crippen LogP contribution in [-0.4, -0.2) is 87.8 Å². The lowest BCUT2D eigenvalue weighted by Gasteiger charge is -2.38. The number of aromatic amines is 1. The van der Waals surface area contributed by atoms with Crippen molar-refractivity contribution in [2.45, 2.75) is 43.3 Å². The molecule has 1 aromatic carbocycles. The molecular formula is C23H31N5O2. The number of H-pyrrole nitrogens is 1. The predicted molar refractivity (Wildman–Crippen MR) is 115 cm³/mol. The number of amides is 1. The molecule has 3 N–H and O–H groups in total.